The Bertz CT molecular complexity index is 3790. The average Bonchev–Trinajstić information content (AvgIpc) is 3.70. The smallest absolute Gasteiger partial charge is 0.143 e. The van der Waals surface area contributed by atoms with Crippen LogP contribution in [0, 0.1) is 0 Å². The SMILES string of the molecule is [2H]c1c([2H])c([2H])c(-c2c([2H])c([2H])c([2H])c3c2oc2cc(-c4c5c([2H])c([2H])c([2H])c([2H])c5c(-c5c([2H])c([2H])c([2H])c6c([2H])c([2H])c([2H])c([2H])c56)c5c([2H])c([2H])c([2H])c([2H])c45)c([2H])c([2H])c23)c([2H])c1[2H]. The predicted molar refractivity (Wildman–Crippen MR) is 183 cm³/mol. The van der Waals surface area contributed by atoms with Crippen molar-refractivity contribution in [3.05, 3.63) is 157 Å². The van der Waals surface area contributed by atoms with Crippen LogP contribution in [0.1, 0.15) is 34.3 Å². The summed E-state index contributed by atoms with van der Waals surface area (Å²) in [6.07, 6.45) is 0. The molecule has 43 heavy (non-hydrogen) atoms. The molecule has 0 spiro atoms. The van der Waals surface area contributed by atoms with Crippen molar-refractivity contribution in [3.63, 3.8) is 0 Å². The molecular formula is C42H26O. The molecule has 0 atom stereocenters. The maximum Gasteiger partial charge on any atom is 0.143 e. The largest absolute Gasteiger partial charge is 0.455 e. The van der Waals surface area contributed by atoms with Gasteiger partial charge in [0, 0.05) is 16.3 Å². The van der Waals surface area contributed by atoms with E-state index in [0.29, 0.717) is 0 Å². The molecule has 0 aliphatic rings. The Morgan fingerprint density at radius 1 is 0.372 bits per heavy atom. The van der Waals surface area contributed by atoms with Gasteiger partial charge < -0.3 is 4.42 Å². The highest BCUT2D eigenvalue weighted by Gasteiger charge is 2.19. The number of para-hydroxylation sites is 1. The van der Waals surface area contributed by atoms with Crippen LogP contribution in [-0.4, -0.2) is 0 Å². The molecular weight excluding hydrogens is 520 g/mol. The summed E-state index contributed by atoms with van der Waals surface area (Å²) in [5, 5.41) is -4.32. The van der Waals surface area contributed by atoms with E-state index in [-0.39, 0.29) is 10.8 Å². The minimum Gasteiger partial charge on any atom is -0.455 e. The van der Waals surface area contributed by atoms with E-state index < -0.39 is 228 Å². The van der Waals surface area contributed by atoms with Gasteiger partial charge in [-0.2, -0.15) is 0 Å². The quantitative estimate of drug-likeness (QED) is 0.192. The number of benzene rings is 8. The second-order valence-electron chi connectivity index (χ2n) is 9.35. The molecule has 0 aliphatic heterocycles. The second-order valence-corrected chi connectivity index (χ2v) is 9.35. The van der Waals surface area contributed by atoms with Gasteiger partial charge >= 0.3 is 0 Å². The van der Waals surface area contributed by atoms with E-state index in [1.54, 1.807) is 0 Å². The summed E-state index contributed by atoms with van der Waals surface area (Å²) in [5.41, 5.74) is -4.33. The van der Waals surface area contributed by atoms with Crippen LogP contribution in [0.3, 0.4) is 0 Å². The van der Waals surface area contributed by atoms with Gasteiger partial charge in [-0.1, -0.05) is 145 Å². The number of hydrogen-bond donors (Lipinski definition) is 0. The lowest BCUT2D eigenvalue weighted by Crippen LogP contribution is -1.91. The van der Waals surface area contributed by atoms with Gasteiger partial charge in [-0.05, 0) is 72.2 Å². The van der Waals surface area contributed by atoms with Crippen molar-refractivity contribution < 1.29 is 38.7 Å². The molecule has 9 rings (SSSR count). The van der Waals surface area contributed by atoms with Crippen LogP contribution in [0.5, 0.6) is 0 Å². The van der Waals surface area contributed by atoms with Crippen molar-refractivity contribution in [1.82, 2.24) is 0 Å². The lowest BCUT2D eigenvalue weighted by molar-refractivity contribution is 0.670. The number of rotatable bonds is 3. The fraction of sp³-hybridized carbons (Fsp3) is 0. The third kappa shape index (κ3) is 3.65. The molecule has 1 heteroatoms. The molecule has 0 amide bonds. The highest BCUT2D eigenvalue weighted by molar-refractivity contribution is 6.24. The van der Waals surface area contributed by atoms with Crippen LogP contribution < -0.4 is 0 Å². The zero-order valence-corrected chi connectivity index (χ0v) is 21.5. The number of furan rings is 1. The summed E-state index contributed by atoms with van der Waals surface area (Å²) in [7, 11) is 0. The molecule has 0 aliphatic carbocycles. The molecule has 0 N–H and O–H groups in total. The molecule has 8 aromatic carbocycles. The summed E-state index contributed by atoms with van der Waals surface area (Å²) in [6.45, 7) is 0. The Labute approximate surface area is 284 Å². The first kappa shape index (κ1) is 9.97. The van der Waals surface area contributed by atoms with Crippen LogP contribution in [-0.2, 0) is 0 Å². The first-order chi connectivity index (χ1) is 31.7. The van der Waals surface area contributed by atoms with Crippen LogP contribution in [0.15, 0.2) is 162 Å². The second kappa shape index (κ2) is 9.44. The zero-order chi connectivity index (χ0) is 50.1. The van der Waals surface area contributed by atoms with Crippen LogP contribution in [0.4, 0.5) is 0 Å². The summed E-state index contributed by atoms with van der Waals surface area (Å²) in [4.78, 5) is 0. The topological polar surface area (TPSA) is 13.1 Å². The minimum absolute atomic E-state index is 0.354. The van der Waals surface area contributed by atoms with E-state index >= 15 is 0 Å². The Kier molecular flexibility index (Phi) is 2.19. The van der Waals surface area contributed by atoms with Gasteiger partial charge in [0.1, 0.15) is 11.2 Å². The van der Waals surface area contributed by atoms with Crippen LogP contribution in [0.2, 0.25) is 0 Å². The Balaban J connectivity index is 1.58. The molecule has 0 saturated heterocycles. The van der Waals surface area contributed by atoms with Crippen molar-refractivity contribution in [2.45, 2.75) is 0 Å². The van der Waals surface area contributed by atoms with Crippen molar-refractivity contribution in [2.75, 3.05) is 0 Å². The molecule has 1 nitrogen and oxygen atoms in total. The highest BCUT2D eigenvalue weighted by Crippen LogP contribution is 2.46. The number of fused-ring (bicyclic) bond motifs is 6. The molecule has 0 saturated carbocycles. The minimum atomic E-state index is -0.920. The molecule has 1 aromatic heterocycles. The molecule has 0 bridgehead atoms. The van der Waals surface area contributed by atoms with E-state index in [9.17, 15) is 9.60 Å². The van der Waals surface area contributed by atoms with Gasteiger partial charge in [-0.25, -0.2) is 0 Å². The van der Waals surface area contributed by atoms with E-state index in [1.165, 1.54) is 0 Å². The van der Waals surface area contributed by atoms with Gasteiger partial charge in [0.15, 0.2) is 0 Å². The summed E-state index contributed by atoms with van der Waals surface area (Å²) in [6, 6.07) is -20.1. The lowest BCUT2D eigenvalue weighted by atomic mass is 9.84. The normalized spacial score (nSPS) is 19.9. The van der Waals surface area contributed by atoms with E-state index in [1.807, 2.05) is 0 Å². The molecule has 1 heterocycles. The van der Waals surface area contributed by atoms with Gasteiger partial charge in [0.05, 0.1) is 34.3 Å². The Morgan fingerprint density at radius 2 is 0.930 bits per heavy atom. The summed E-state index contributed by atoms with van der Waals surface area (Å²) >= 11 is 0. The zero-order valence-electron chi connectivity index (χ0n) is 46.5. The first-order valence-electron chi connectivity index (χ1n) is 25.2. The van der Waals surface area contributed by atoms with Gasteiger partial charge in [0.25, 0.3) is 0 Å². The third-order valence-electron chi connectivity index (χ3n) is 7.09. The molecule has 0 unspecified atom stereocenters. The van der Waals surface area contributed by atoms with Crippen molar-refractivity contribution in [1.29, 1.82) is 0 Å². The Morgan fingerprint density at radius 3 is 1.67 bits per heavy atom. The number of hydrogen-bond acceptors (Lipinski definition) is 1. The average molecular weight is 572 g/mol. The monoisotopic (exact) mass is 571 g/mol. The van der Waals surface area contributed by atoms with Gasteiger partial charge in [-0.3, -0.25) is 0 Å². The maximum atomic E-state index is 9.51. The first-order valence-corrected chi connectivity index (χ1v) is 12.7. The van der Waals surface area contributed by atoms with E-state index in [4.69, 9.17) is 29.1 Å². The van der Waals surface area contributed by atoms with Gasteiger partial charge in [0.2, 0.25) is 0 Å². The third-order valence-corrected chi connectivity index (χ3v) is 7.09. The molecule has 9 aromatic rings. The Hall–Kier alpha value is -5.66. The van der Waals surface area contributed by atoms with Crippen LogP contribution >= 0.6 is 0 Å². The predicted octanol–water partition coefficient (Wildman–Crippen LogP) is 12.0. The maximum absolute atomic E-state index is 9.51. The van der Waals surface area contributed by atoms with Crippen molar-refractivity contribution in [2.24, 2.45) is 0 Å². The van der Waals surface area contributed by atoms with Crippen molar-refractivity contribution >= 4 is 54.3 Å². The molecule has 0 radical (unpaired) electrons. The molecule has 200 valence electrons. The summed E-state index contributed by atoms with van der Waals surface area (Å²) in [5.74, 6) is 0. The molecule has 0 fully saturated rings. The van der Waals surface area contributed by atoms with Crippen molar-refractivity contribution in [3.8, 4) is 33.4 Å². The lowest BCUT2D eigenvalue weighted by Gasteiger charge is -2.18. The standard InChI is InChI=1S/C42H26O/c1-2-12-28(13-3-1)31-21-11-23-38-32-25-24-29(26-39(32)43-42(31)38)40-34-17-6-8-19-36(34)41(37-20-9-7-18-35(37)40)33-22-10-15-27-14-4-5-16-30(27)33/h1-26H/i1D,2D,3D,4D,5D,6D,7D,8D,9D,10D,11D,12D,13D,14D,15D,16D,17D,18D,19D,20D,21D,22D,23D,24D,25D. The fourth-order valence-electron chi connectivity index (χ4n) is 5.31. The van der Waals surface area contributed by atoms with E-state index in [2.05, 4.69) is 0 Å². The fourth-order valence-corrected chi connectivity index (χ4v) is 5.31. The van der Waals surface area contributed by atoms with Gasteiger partial charge in [-0.15, -0.1) is 0 Å². The van der Waals surface area contributed by atoms with Crippen LogP contribution in [0.25, 0.3) is 87.6 Å². The summed E-state index contributed by atoms with van der Waals surface area (Å²) < 4.78 is 228. The van der Waals surface area contributed by atoms with E-state index in [0.717, 1.165) is 6.07 Å². The highest BCUT2D eigenvalue weighted by atomic mass is 16.3.